The molecule has 0 radical (unpaired) electrons. The maximum absolute atomic E-state index is 12.9. The number of hydrogen-bond acceptors (Lipinski definition) is 3. The largest absolute Gasteiger partial charge is 0.496 e. The predicted octanol–water partition coefficient (Wildman–Crippen LogP) is 3.95. The van der Waals surface area contributed by atoms with Crippen molar-refractivity contribution in [3.8, 4) is 11.8 Å². The van der Waals surface area contributed by atoms with Crippen LogP contribution in [0.3, 0.4) is 0 Å². The van der Waals surface area contributed by atoms with Crippen molar-refractivity contribution in [3.05, 3.63) is 28.3 Å². The molecule has 0 saturated heterocycles. The molecule has 4 heteroatoms. The molecule has 1 aromatic rings. The third-order valence-electron chi connectivity index (χ3n) is 4.17. The highest BCUT2D eigenvalue weighted by atomic mass is 16.5. The summed E-state index contributed by atoms with van der Waals surface area (Å²) < 4.78 is 5.52. The smallest absolute Gasteiger partial charge is 0.256 e. The van der Waals surface area contributed by atoms with Gasteiger partial charge in [0.05, 0.1) is 13.2 Å². The van der Waals surface area contributed by atoms with E-state index in [4.69, 9.17) is 4.74 Å². The summed E-state index contributed by atoms with van der Waals surface area (Å²) >= 11 is 0. The molecule has 0 spiro atoms. The Morgan fingerprint density at radius 3 is 2.36 bits per heavy atom. The molecular formula is C18H24N2O2. The van der Waals surface area contributed by atoms with Gasteiger partial charge in [0, 0.05) is 22.2 Å². The summed E-state index contributed by atoms with van der Waals surface area (Å²) in [5.41, 5.74) is 2.92. The van der Waals surface area contributed by atoms with Crippen LogP contribution in [0.2, 0.25) is 0 Å². The maximum atomic E-state index is 12.9. The summed E-state index contributed by atoms with van der Waals surface area (Å²) in [4.78, 5) is 14.6. The maximum Gasteiger partial charge on any atom is 0.256 e. The van der Waals surface area contributed by atoms with E-state index in [9.17, 15) is 10.1 Å². The van der Waals surface area contributed by atoms with Gasteiger partial charge in [0.1, 0.15) is 11.8 Å². The summed E-state index contributed by atoms with van der Waals surface area (Å²) in [7, 11) is 1.63. The van der Waals surface area contributed by atoms with Crippen LogP contribution in [0.15, 0.2) is 6.07 Å². The Hall–Kier alpha value is -2.02. The second kappa shape index (κ2) is 5.31. The molecule has 1 atom stereocenters. The second-order valence-corrected chi connectivity index (χ2v) is 7.13. The number of nitriles is 1. The lowest BCUT2D eigenvalue weighted by molar-refractivity contribution is 0.0567. The van der Waals surface area contributed by atoms with Crippen molar-refractivity contribution in [2.45, 2.75) is 59.0 Å². The van der Waals surface area contributed by atoms with Crippen LogP contribution in [0.25, 0.3) is 0 Å². The number of nitrogens with zero attached hydrogens (tertiary/aromatic N) is 2. The van der Waals surface area contributed by atoms with Crippen molar-refractivity contribution >= 4 is 5.91 Å². The van der Waals surface area contributed by atoms with Gasteiger partial charge in [0.2, 0.25) is 0 Å². The van der Waals surface area contributed by atoms with Gasteiger partial charge in [0.25, 0.3) is 5.91 Å². The van der Waals surface area contributed by atoms with Crippen LogP contribution in [0, 0.1) is 18.3 Å². The first kappa shape index (κ1) is 16.4. The van der Waals surface area contributed by atoms with Crippen LogP contribution < -0.4 is 4.74 Å². The first-order chi connectivity index (χ1) is 10.1. The van der Waals surface area contributed by atoms with Gasteiger partial charge in [-0.15, -0.1) is 0 Å². The van der Waals surface area contributed by atoms with Crippen LogP contribution in [0.4, 0.5) is 0 Å². The molecule has 22 heavy (non-hydrogen) atoms. The van der Waals surface area contributed by atoms with Crippen LogP contribution in [-0.4, -0.2) is 23.5 Å². The first-order valence-electron chi connectivity index (χ1n) is 7.59. The summed E-state index contributed by atoms with van der Waals surface area (Å²) in [6.07, 6.45) is 0. The molecule has 118 valence electrons. The third kappa shape index (κ3) is 2.25. The fourth-order valence-corrected chi connectivity index (χ4v) is 3.34. The van der Waals surface area contributed by atoms with Crippen molar-refractivity contribution in [1.82, 2.24) is 4.90 Å². The van der Waals surface area contributed by atoms with Gasteiger partial charge in [-0.25, -0.2) is 0 Å². The van der Waals surface area contributed by atoms with Crippen molar-refractivity contribution < 1.29 is 9.53 Å². The van der Waals surface area contributed by atoms with E-state index in [0.29, 0.717) is 5.56 Å². The molecule has 1 aliphatic heterocycles. The van der Waals surface area contributed by atoms with E-state index < -0.39 is 11.6 Å². The Bertz CT molecular complexity index is 663. The minimum Gasteiger partial charge on any atom is -0.496 e. The topological polar surface area (TPSA) is 53.3 Å². The highest BCUT2D eigenvalue weighted by Gasteiger charge is 2.45. The van der Waals surface area contributed by atoms with Crippen molar-refractivity contribution in [3.63, 3.8) is 0 Å². The predicted molar refractivity (Wildman–Crippen MR) is 86.1 cm³/mol. The Morgan fingerprint density at radius 2 is 1.95 bits per heavy atom. The van der Waals surface area contributed by atoms with Gasteiger partial charge in [-0.2, -0.15) is 5.26 Å². The number of carbonyl (C=O) groups is 1. The highest BCUT2D eigenvalue weighted by molar-refractivity contribution is 6.02. The summed E-state index contributed by atoms with van der Waals surface area (Å²) in [5, 5.41) is 9.74. The molecule has 1 aliphatic rings. The molecule has 0 N–H and O–H groups in total. The van der Waals surface area contributed by atoms with E-state index in [-0.39, 0.29) is 11.8 Å². The molecule has 1 heterocycles. The summed E-state index contributed by atoms with van der Waals surface area (Å²) in [6, 6.07) is 3.68. The second-order valence-electron chi connectivity index (χ2n) is 7.13. The number of ether oxygens (including phenoxy) is 1. The van der Waals surface area contributed by atoms with E-state index in [1.807, 2.05) is 33.8 Å². The number of benzene rings is 1. The number of fused-ring (bicyclic) bond motifs is 1. The van der Waals surface area contributed by atoms with E-state index in [1.54, 1.807) is 12.0 Å². The quantitative estimate of drug-likeness (QED) is 0.831. The van der Waals surface area contributed by atoms with Gasteiger partial charge in [-0.05, 0) is 45.2 Å². The van der Waals surface area contributed by atoms with E-state index >= 15 is 0 Å². The van der Waals surface area contributed by atoms with E-state index in [0.717, 1.165) is 22.4 Å². The lowest BCUT2D eigenvalue weighted by Gasteiger charge is -2.34. The molecule has 1 amide bonds. The fourth-order valence-electron chi connectivity index (χ4n) is 3.34. The van der Waals surface area contributed by atoms with Gasteiger partial charge >= 0.3 is 0 Å². The number of rotatable bonds is 2. The number of carbonyl (C=O) groups excluding carboxylic acids is 1. The molecule has 0 saturated carbocycles. The minimum atomic E-state index is -0.561. The zero-order valence-electron chi connectivity index (χ0n) is 14.4. The molecule has 4 nitrogen and oxygen atoms in total. The van der Waals surface area contributed by atoms with E-state index in [1.165, 1.54) is 0 Å². The van der Waals surface area contributed by atoms with E-state index in [2.05, 4.69) is 19.9 Å². The summed E-state index contributed by atoms with van der Waals surface area (Å²) in [5.74, 6) is 0.874. The molecular weight excluding hydrogens is 276 g/mol. The van der Waals surface area contributed by atoms with Crippen LogP contribution in [0.1, 0.15) is 73.6 Å². The Labute approximate surface area is 132 Å². The molecule has 1 aromatic carbocycles. The van der Waals surface area contributed by atoms with Crippen molar-refractivity contribution in [1.29, 1.82) is 5.26 Å². The zero-order chi connectivity index (χ0) is 16.8. The average Bonchev–Trinajstić information content (AvgIpc) is 2.71. The summed E-state index contributed by atoms with van der Waals surface area (Å²) in [6.45, 7) is 11.9. The lowest BCUT2D eigenvalue weighted by atomic mass is 9.88. The fraction of sp³-hybridized carbons (Fsp3) is 0.556. The van der Waals surface area contributed by atoms with Gasteiger partial charge in [-0.1, -0.05) is 13.8 Å². The minimum absolute atomic E-state index is 0.0592. The van der Waals surface area contributed by atoms with Crippen LogP contribution in [0.5, 0.6) is 5.75 Å². The van der Waals surface area contributed by atoms with Crippen LogP contribution in [-0.2, 0) is 0 Å². The Kier molecular flexibility index (Phi) is 3.95. The van der Waals surface area contributed by atoms with Crippen molar-refractivity contribution in [2.75, 3.05) is 7.11 Å². The molecule has 0 bridgehead atoms. The monoisotopic (exact) mass is 300 g/mol. The SMILES string of the molecule is COc1cc(C)c2c(c1C(C)C)C(C#N)N(C(C)(C)C)C2=O. The number of amides is 1. The standard InChI is InChI=1S/C18H24N2O2/c1-10(2)14-13(22-7)8-11(3)15-16(14)12(9-19)20(17(15)21)18(4,5)6/h8,10,12H,1-7H3. The van der Waals surface area contributed by atoms with Gasteiger partial charge in [0.15, 0.2) is 0 Å². The zero-order valence-corrected chi connectivity index (χ0v) is 14.4. The highest BCUT2D eigenvalue weighted by Crippen LogP contribution is 2.46. The normalized spacial score (nSPS) is 17.7. The number of hydrogen-bond donors (Lipinski definition) is 0. The Morgan fingerprint density at radius 1 is 1.36 bits per heavy atom. The molecule has 0 fully saturated rings. The van der Waals surface area contributed by atoms with Crippen molar-refractivity contribution in [2.24, 2.45) is 0 Å². The van der Waals surface area contributed by atoms with Gasteiger partial charge < -0.3 is 9.64 Å². The molecule has 0 aliphatic carbocycles. The Balaban J connectivity index is 2.85. The molecule has 1 unspecified atom stereocenters. The first-order valence-corrected chi connectivity index (χ1v) is 7.59. The number of aryl methyl sites for hydroxylation is 1. The van der Waals surface area contributed by atoms with Gasteiger partial charge in [-0.3, -0.25) is 4.79 Å². The molecule has 2 rings (SSSR count). The average molecular weight is 300 g/mol. The third-order valence-corrected chi connectivity index (χ3v) is 4.17. The lowest BCUT2D eigenvalue weighted by Crippen LogP contribution is -2.43. The number of methoxy groups -OCH3 is 1. The van der Waals surface area contributed by atoms with Crippen LogP contribution >= 0.6 is 0 Å². The molecule has 0 aromatic heterocycles.